The molecular formula is C16H25NO2. The van der Waals surface area contributed by atoms with Gasteiger partial charge in [0.05, 0.1) is 6.61 Å². The second-order valence-electron chi connectivity index (χ2n) is 4.86. The highest BCUT2D eigenvalue weighted by molar-refractivity contribution is 5.69. The first-order chi connectivity index (χ1) is 9.13. The highest BCUT2D eigenvalue weighted by Gasteiger charge is 2.01. The van der Waals surface area contributed by atoms with Crippen LogP contribution in [0.15, 0.2) is 18.2 Å². The molecule has 106 valence electrons. The average Bonchev–Trinajstić information content (AvgIpc) is 2.36. The lowest BCUT2D eigenvalue weighted by molar-refractivity contribution is -0.143. The van der Waals surface area contributed by atoms with Crippen molar-refractivity contribution < 1.29 is 9.53 Å². The molecule has 0 amide bonds. The fourth-order valence-electron chi connectivity index (χ4n) is 2.04. The molecule has 0 atom stereocenters. The quantitative estimate of drug-likeness (QED) is 0.572. The Morgan fingerprint density at radius 3 is 2.68 bits per heavy atom. The topological polar surface area (TPSA) is 38.3 Å². The van der Waals surface area contributed by atoms with Crippen LogP contribution in [0.25, 0.3) is 0 Å². The Balaban J connectivity index is 2.12. The molecule has 0 saturated heterocycles. The van der Waals surface area contributed by atoms with Gasteiger partial charge in [-0.25, -0.2) is 0 Å². The summed E-state index contributed by atoms with van der Waals surface area (Å²) in [5.74, 6) is -0.0789. The number of rotatable bonds is 8. The van der Waals surface area contributed by atoms with Crippen LogP contribution < -0.4 is 5.32 Å². The molecule has 0 fully saturated rings. The molecule has 0 saturated carbocycles. The van der Waals surface area contributed by atoms with Crippen molar-refractivity contribution in [3.05, 3.63) is 29.3 Å². The van der Waals surface area contributed by atoms with Gasteiger partial charge in [-0.15, -0.1) is 0 Å². The summed E-state index contributed by atoms with van der Waals surface area (Å²) in [6, 6.07) is 6.43. The molecule has 1 aromatic rings. The normalized spacial score (nSPS) is 10.3. The van der Waals surface area contributed by atoms with E-state index in [-0.39, 0.29) is 5.97 Å². The van der Waals surface area contributed by atoms with Gasteiger partial charge in [-0.05, 0) is 45.2 Å². The van der Waals surface area contributed by atoms with Gasteiger partial charge >= 0.3 is 5.97 Å². The van der Waals surface area contributed by atoms with Gasteiger partial charge in [0.2, 0.25) is 0 Å². The number of carbonyl (C=O) groups is 1. The van der Waals surface area contributed by atoms with Crippen molar-refractivity contribution >= 4 is 11.7 Å². The maximum atomic E-state index is 11.1. The largest absolute Gasteiger partial charge is 0.466 e. The number of carbonyl (C=O) groups excluding carboxylic acids is 1. The summed E-state index contributed by atoms with van der Waals surface area (Å²) in [5.41, 5.74) is 3.78. The van der Waals surface area contributed by atoms with E-state index in [1.165, 1.54) is 16.8 Å². The number of aryl methyl sites for hydroxylation is 2. The number of hydrogen-bond acceptors (Lipinski definition) is 3. The van der Waals surface area contributed by atoms with E-state index in [4.69, 9.17) is 4.74 Å². The van der Waals surface area contributed by atoms with Crippen LogP contribution in [-0.4, -0.2) is 19.1 Å². The van der Waals surface area contributed by atoms with Crippen molar-refractivity contribution in [1.29, 1.82) is 0 Å². The van der Waals surface area contributed by atoms with E-state index in [1.807, 2.05) is 6.92 Å². The molecule has 3 heteroatoms. The zero-order valence-corrected chi connectivity index (χ0v) is 12.3. The van der Waals surface area contributed by atoms with Crippen LogP contribution in [0, 0.1) is 13.8 Å². The van der Waals surface area contributed by atoms with Gasteiger partial charge in [-0.2, -0.15) is 0 Å². The van der Waals surface area contributed by atoms with E-state index >= 15 is 0 Å². The van der Waals surface area contributed by atoms with Crippen molar-refractivity contribution in [2.45, 2.75) is 46.5 Å². The maximum absolute atomic E-state index is 11.1. The zero-order valence-electron chi connectivity index (χ0n) is 12.3. The van der Waals surface area contributed by atoms with E-state index in [2.05, 4.69) is 37.4 Å². The molecule has 1 N–H and O–H groups in total. The van der Waals surface area contributed by atoms with Gasteiger partial charge in [0.1, 0.15) is 0 Å². The van der Waals surface area contributed by atoms with E-state index in [1.54, 1.807) is 0 Å². The van der Waals surface area contributed by atoms with Crippen molar-refractivity contribution in [3.63, 3.8) is 0 Å². The Bertz CT molecular complexity index is 402. The van der Waals surface area contributed by atoms with Gasteiger partial charge in [0.25, 0.3) is 0 Å². The van der Waals surface area contributed by atoms with Gasteiger partial charge < -0.3 is 10.1 Å². The van der Waals surface area contributed by atoms with Crippen LogP contribution in [0.3, 0.4) is 0 Å². The predicted molar refractivity (Wildman–Crippen MR) is 79.5 cm³/mol. The molecule has 0 aliphatic carbocycles. The maximum Gasteiger partial charge on any atom is 0.305 e. The summed E-state index contributed by atoms with van der Waals surface area (Å²) in [5, 5.41) is 3.44. The second-order valence-corrected chi connectivity index (χ2v) is 4.86. The first-order valence-corrected chi connectivity index (χ1v) is 7.10. The van der Waals surface area contributed by atoms with Crippen LogP contribution in [0.4, 0.5) is 5.69 Å². The molecule has 0 heterocycles. The fraction of sp³-hybridized carbons (Fsp3) is 0.562. The molecule has 0 spiro atoms. The molecule has 0 bridgehead atoms. The molecule has 1 aromatic carbocycles. The molecule has 0 radical (unpaired) electrons. The number of esters is 1. The molecule has 0 unspecified atom stereocenters. The number of unbranched alkanes of at least 4 members (excludes halogenated alkanes) is 2. The van der Waals surface area contributed by atoms with E-state index in [9.17, 15) is 4.79 Å². The number of hydrogen-bond donors (Lipinski definition) is 1. The Morgan fingerprint density at radius 2 is 2.00 bits per heavy atom. The minimum Gasteiger partial charge on any atom is -0.466 e. The smallest absolute Gasteiger partial charge is 0.305 e. The van der Waals surface area contributed by atoms with E-state index < -0.39 is 0 Å². The second kappa shape index (κ2) is 8.57. The fourth-order valence-corrected chi connectivity index (χ4v) is 2.04. The summed E-state index contributed by atoms with van der Waals surface area (Å²) in [6.45, 7) is 7.49. The minimum atomic E-state index is -0.0789. The van der Waals surface area contributed by atoms with Crippen molar-refractivity contribution in [3.8, 4) is 0 Å². The summed E-state index contributed by atoms with van der Waals surface area (Å²) in [7, 11) is 0. The molecule has 1 rings (SSSR count). The predicted octanol–water partition coefficient (Wildman–Crippen LogP) is 3.84. The van der Waals surface area contributed by atoms with Gasteiger partial charge in [0.15, 0.2) is 0 Å². The molecule has 0 aliphatic rings. The molecule has 3 nitrogen and oxygen atoms in total. The Labute approximate surface area is 116 Å². The Morgan fingerprint density at radius 1 is 1.21 bits per heavy atom. The monoisotopic (exact) mass is 263 g/mol. The number of benzene rings is 1. The number of nitrogens with one attached hydrogen (secondary N) is 1. The summed E-state index contributed by atoms with van der Waals surface area (Å²) in [6.07, 6.45) is 3.58. The minimum absolute atomic E-state index is 0.0789. The van der Waals surface area contributed by atoms with Gasteiger partial charge in [0, 0.05) is 18.7 Å². The molecule has 0 aromatic heterocycles. The van der Waals surface area contributed by atoms with Crippen molar-refractivity contribution in [2.24, 2.45) is 0 Å². The highest BCUT2D eigenvalue weighted by Crippen LogP contribution is 2.16. The van der Waals surface area contributed by atoms with E-state index in [0.717, 1.165) is 25.8 Å². The van der Waals surface area contributed by atoms with Crippen molar-refractivity contribution in [2.75, 3.05) is 18.5 Å². The Kier molecular flexibility index (Phi) is 7.01. The lowest BCUT2D eigenvalue weighted by Crippen LogP contribution is -2.05. The van der Waals surface area contributed by atoms with Gasteiger partial charge in [-0.1, -0.05) is 24.1 Å². The van der Waals surface area contributed by atoms with E-state index in [0.29, 0.717) is 13.0 Å². The Hall–Kier alpha value is -1.51. The highest BCUT2D eigenvalue weighted by atomic mass is 16.5. The average molecular weight is 263 g/mol. The lowest BCUT2D eigenvalue weighted by Gasteiger charge is -2.10. The zero-order chi connectivity index (χ0) is 14.1. The summed E-state index contributed by atoms with van der Waals surface area (Å²) in [4.78, 5) is 11.1. The molecule has 19 heavy (non-hydrogen) atoms. The standard InChI is InChI=1S/C16H25NO2/c1-4-19-16(18)8-6-5-7-11-17-15-10-9-13(2)12-14(15)3/h9-10,12,17H,4-8,11H2,1-3H3. The van der Waals surface area contributed by atoms with Crippen molar-refractivity contribution in [1.82, 2.24) is 0 Å². The third-order valence-electron chi connectivity index (χ3n) is 3.06. The third kappa shape index (κ3) is 6.27. The lowest BCUT2D eigenvalue weighted by atomic mass is 10.1. The van der Waals surface area contributed by atoms with Gasteiger partial charge in [-0.3, -0.25) is 4.79 Å². The third-order valence-corrected chi connectivity index (χ3v) is 3.06. The van der Waals surface area contributed by atoms with Crippen LogP contribution in [-0.2, 0) is 9.53 Å². The van der Waals surface area contributed by atoms with Crippen LogP contribution in [0.1, 0.15) is 43.7 Å². The molecular weight excluding hydrogens is 238 g/mol. The first kappa shape index (κ1) is 15.5. The SMILES string of the molecule is CCOC(=O)CCCCCNc1ccc(C)cc1C. The van der Waals surface area contributed by atoms with Crippen LogP contribution in [0.2, 0.25) is 0 Å². The summed E-state index contributed by atoms with van der Waals surface area (Å²) >= 11 is 0. The number of anilines is 1. The molecule has 0 aliphatic heterocycles. The summed E-state index contributed by atoms with van der Waals surface area (Å²) < 4.78 is 4.89. The van der Waals surface area contributed by atoms with Crippen LogP contribution >= 0.6 is 0 Å². The van der Waals surface area contributed by atoms with Crippen LogP contribution in [0.5, 0.6) is 0 Å². The first-order valence-electron chi connectivity index (χ1n) is 7.10. The number of ether oxygens (including phenoxy) is 1.